The molecule has 0 aliphatic carbocycles. The van der Waals surface area contributed by atoms with Gasteiger partial charge in [-0.2, -0.15) is 0 Å². The largest absolute Gasteiger partial charge is 0.425 e. The molecule has 0 radical (unpaired) electrons. The van der Waals surface area contributed by atoms with E-state index in [-0.39, 0.29) is 11.9 Å². The number of nitrogens with zero attached hydrogens (tertiary/aromatic N) is 4. The molecule has 10 nitrogen and oxygen atoms in total. The SMILES string of the molecule is CCCCOC(C)C(=O)Oc1ccc(-c2ncc(CCC)cn2)cc1.CCCCOC(C)C(=O)Oc1ccc(-c2ncc(CCCC)cn2)cc1. The minimum Gasteiger partial charge on any atom is -0.425 e. The fourth-order valence-corrected chi connectivity index (χ4v) is 4.62. The van der Waals surface area contributed by atoms with Crippen molar-refractivity contribution < 1.29 is 28.5 Å². The van der Waals surface area contributed by atoms with E-state index in [1.807, 2.05) is 49.1 Å². The third-order valence-electron chi connectivity index (χ3n) is 7.83. The number of unbranched alkanes of at least 4 members (excludes halogenated alkanes) is 3. The molecule has 274 valence electrons. The monoisotopic (exact) mass is 698 g/mol. The van der Waals surface area contributed by atoms with Crippen LogP contribution in [0.1, 0.15) is 97.6 Å². The molecule has 0 aliphatic rings. The summed E-state index contributed by atoms with van der Waals surface area (Å²) in [7, 11) is 0. The smallest absolute Gasteiger partial charge is 0.340 e. The third-order valence-corrected chi connectivity index (χ3v) is 7.83. The lowest BCUT2D eigenvalue weighted by molar-refractivity contribution is -0.147. The van der Waals surface area contributed by atoms with Crippen molar-refractivity contribution >= 4 is 11.9 Å². The Kier molecular flexibility index (Phi) is 18.5. The maximum atomic E-state index is 12.0. The lowest BCUT2D eigenvalue weighted by atomic mass is 10.1. The summed E-state index contributed by atoms with van der Waals surface area (Å²) >= 11 is 0. The number of benzene rings is 2. The molecule has 4 aromatic rings. The van der Waals surface area contributed by atoms with Crippen LogP contribution in [0, 0.1) is 0 Å². The lowest BCUT2D eigenvalue weighted by Gasteiger charge is -2.12. The van der Waals surface area contributed by atoms with Crippen molar-refractivity contribution in [1.82, 2.24) is 19.9 Å². The maximum absolute atomic E-state index is 12.0. The average Bonchev–Trinajstić information content (AvgIpc) is 3.15. The Bertz CT molecular complexity index is 1560. The molecular weight excluding hydrogens is 644 g/mol. The molecule has 0 saturated carbocycles. The molecule has 0 amide bonds. The van der Waals surface area contributed by atoms with Crippen molar-refractivity contribution in [2.24, 2.45) is 0 Å². The van der Waals surface area contributed by atoms with Gasteiger partial charge in [-0.3, -0.25) is 0 Å². The first-order valence-corrected chi connectivity index (χ1v) is 18.3. The number of aryl methyl sites for hydroxylation is 2. The van der Waals surface area contributed by atoms with Gasteiger partial charge < -0.3 is 18.9 Å². The predicted octanol–water partition coefficient (Wildman–Crippen LogP) is 8.80. The van der Waals surface area contributed by atoms with E-state index in [4.69, 9.17) is 18.9 Å². The topological polar surface area (TPSA) is 123 Å². The number of aromatic nitrogens is 4. The minimum atomic E-state index is -0.569. The third kappa shape index (κ3) is 14.7. The van der Waals surface area contributed by atoms with Gasteiger partial charge in [-0.1, -0.05) is 53.4 Å². The summed E-state index contributed by atoms with van der Waals surface area (Å²) in [6, 6.07) is 14.4. The van der Waals surface area contributed by atoms with Gasteiger partial charge >= 0.3 is 11.9 Å². The average molecular weight is 699 g/mol. The predicted molar refractivity (Wildman–Crippen MR) is 199 cm³/mol. The second-order valence-corrected chi connectivity index (χ2v) is 12.3. The summed E-state index contributed by atoms with van der Waals surface area (Å²) < 4.78 is 21.6. The van der Waals surface area contributed by atoms with Gasteiger partial charge in [-0.25, -0.2) is 29.5 Å². The van der Waals surface area contributed by atoms with E-state index in [2.05, 4.69) is 47.6 Å². The molecule has 0 spiro atoms. The van der Waals surface area contributed by atoms with Gasteiger partial charge in [0, 0.05) is 49.1 Å². The number of carbonyl (C=O) groups excluding carboxylic acids is 2. The Morgan fingerprint density at radius 2 is 0.902 bits per heavy atom. The number of hydrogen-bond donors (Lipinski definition) is 0. The molecule has 2 heterocycles. The van der Waals surface area contributed by atoms with Gasteiger partial charge in [-0.15, -0.1) is 0 Å². The normalized spacial score (nSPS) is 12.0. The summed E-state index contributed by atoms with van der Waals surface area (Å²) in [5, 5.41) is 0. The van der Waals surface area contributed by atoms with Crippen LogP contribution in [0.5, 0.6) is 11.5 Å². The molecule has 0 N–H and O–H groups in total. The molecule has 10 heteroatoms. The lowest BCUT2D eigenvalue weighted by Crippen LogP contribution is -2.26. The van der Waals surface area contributed by atoms with Crippen LogP contribution in [0.15, 0.2) is 73.3 Å². The van der Waals surface area contributed by atoms with E-state index in [9.17, 15) is 9.59 Å². The van der Waals surface area contributed by atoms with Crippen molar-refractivity contribution in [1.29, 1.82) is 0 Å². The van der Waals surface area contributed by atoms with Crippen molar-refractivity contribution in [3.8, 4) is 34.3 Å². The number of rotatable bonds is 19. The number of ether oxygens (including phenoxy) is 4. The van der Waals surface area contributed by atoms with Gasteiger partial charge in [0.25, 0.3) is 0 Å². The molecular formula is C41H54N4O6. The van der Waals surface area contributed by atoms with Crippen LogP contribution in [0.3, 0.4) is 0 Å². The van der Waals surface area contributed by atoms with Crippen LogP contribution >= 0.6 is 0 Å². The Balaban J connectivity index is 0.000000276. The minimum absolute atomic E-state index is 0.384. The van der Waals surface area contributed by atoms with E-state index < -0.39 is 12.2 Å². The molecule has 2 aromatic carbocycles. The van der Waals surface area contributed by atoms with Gasteiger partial charge in [0.15, 0.2) is 23.9 Å². The van der Waals surface area contributed by atoms with Crippen LogP contribution in [-0.2, 0) is 31.9 Å². The molecule has 0 saturated heterocycles. The van der Waals surface area contributed by atoms with Crippen LogP contribution in [0.2, 0.25) is 0 Å². The molecule has 2 aromatic heterocycles. The van der Waals surface area contributed by atoms with Gasteiger partial charge in [0.05, 0.1) is 0 Å². The summed E-state index contributed by atoms with van der Waals surface area (Å²) in [6.07, 6.45) is 15.6. The Labute approximate surface area is 303 Å². The number of hydrogen-bond acceptors (Lipinski definition) is 10. The van der Waals surface area contributed by atoms with Crippen molar-refractivity contribution in [2.75, 3.05) is 13.2 Å². The molecule has 4 rings (SSSR count). The van der Waals surface area contributed by atoms with Crippen LogP contribution in [0.25, 0.3) is 22.8 Å². The van der Waals surface area contributed by atoms with E-state index >= 15 is 0 Å². The molecule has 51 heavy (non-hydrogen) atoms. The fraction of sp³-hybridized carbons (Fsp3) is 0.463. The molecule has 0 bridgehead atoms. The first kappa shape index (κ1) is 40.9. The highest BCUT2D eigenvalue weighted by Gasteiger charge is 2.17. The maximum Gasteiger partial charge on any atom is 0.340 e. The molecule has 2 unspecified atom stereocenters. The highest BCUT2D eigenvalue weighted by Crippen LogP contribution is 2.21. The van der Waals surface area contributed by atoms with Crippen molar-refractivity contribution in [3.05, 3.63) is 84.4 Å². The molecule has 2 atom stereocenters. The zero-order valence-corrected chi connectivity index (χ0v) is 31.1. The van der Waals surface area contributed by atoms with E-state index in [0.717, 1.165) is 80.0 Å². The van der Waals surface area contributed by atoms with Crippen LogP contribution in [-0.4, -0.2) is 57.3 Å². The van der Waals surface area contributed by atoms with E-state index in [0.29, 0.717) is 36.4 Å². The second-order valence-electron chi connectivity index (χ2n) is 12.3. The highest BCUT2D eigenvalue weighted by atomic mass is 16.6. The molecule has 0 aliphatic heterocycles. The summed E-state index contributed by atoms with van der Waals surface area (Å²) in [5.41, 5.74) is 4.06. The summed E-state index contributed by atoms with van der Waals surface area (Å²) in [4.78, 5) is 41.6. The van der Waals surface area contributed by atoms with Crippen molar-refractivity contribution in [2.45, 2.75) is 112 Å². The highest BCUT2D eigenvalue weighted by molar-refractivity contribution is 5.77. The van der Waals surface area contributed by atoms with Gasteiger partial charge in [0.1, 0.15) is 11.5 Å². The standard InChI is InChI=1S/C21H28N2O3.C20H26N2O3/c1-4-6-8-17-14-22-20(23-15-17)18-9-11-19(12-10-18)26-21(24)16(3)25-13-7-5-2;1-4-6-12-24-15(3)20(23)25-18-10-8-17(9-11-18)19-21-13-16(7-5-2)14-22-19/h9-12,14-16H,4-8,13H2,1-3H3;8-11,13-15H,4-7,12H2,1-3H3. The quantitative estimate of drug-likeness (QED) is 0.0533. The Morgan fingerprint density at radius 3 is 1.25 bits per heavy atom. The van der Waals surface area contributed by atoms with Gasteiger partial charge in [-0.05, 0) is 106 Å². The molecule has 0 fully saturated rings. The van der Waals surface area contributed by atoms with Crippen molar-refractivity contribution in [3.63, 3.8) is 0 Å². The fourth-order valence-electron chi connectivity index (χ4n) is 4.62. The number of carbonyl (C=O) groups is 2. The first-order chi connectivity index (χ1) is 24.8. The summed E-state index contributed by atoms with van der Waals surface area (Å²) in [6.45, 7) is 13.0. The number of esters is 2. The zero-order chi connectivity index (χ0) is 36.8. The van der Waals surface area contributed by atoms with Crippen LogP contribution in [0.4, 0.5) is 0 Å². The summed E-state index contributed by atoms with van der Waals surface area (Å²) in [5.74, 6) is 1.54. The van der Waals surface area contributed by atoms with E-state index in [1.54, 1.807) is 38.1 Å². The van der Waals surface area contributed by atoms with E-state index in [1.165, 1.54) is 0 Å². The second kappa shape index (κ2) is 23.0. The zero-order valence-electron chi connectivity index (χ0n) is 31.1. The Hall–Kier alpha value is -4.54. The first-order valence-electron chi connectivity index (χ1n) is 18.3. The van der Waals surface area contributed by atoms with Gasteiger partial charge in [0.2, 0.25) is 0 Å². The van der Waals surface area contributed by atoms with Crippen LogP contribution < -0.4 is 9.47 Å². The Morgan fingerprint density at radius 1 is 0.529 bits per heavy atom.